The molecule has 1 aromatic carbocycles. The Morgan fingerprint density at radius 1 is 1.10 bits per heavy atom. The molecule has 0 spiro atoms. The lowest BCUT2D eigenvalue weighted by Crippen LogP contribution is -2.38. The third-order valence-electron chi connectivity index (χ3n) is 4.67. The first-order chi connectivity index (χ1) is 10.4. The first-order valence-corrected chi connectivity index (χ1v) is 8.24. The Labute approximate surface area is 126 Å². The van der Waals surface area contributed by atoms with Crippen LogP contribution in [0.15, 0.2) is 18.2 Å². The van der Waals surface area contributed by atoms with Crippen molar-refractivity contribution in [1.82, 2.24) is 10.2 Å². The van der Waals surface area contributed by atoms with Gasteiger partial charge in [0.25, 0.3) is 0 Å². The molecule has 1 saturated carbocycles. The van der Waals surface area contributed by atoms with E-state index in [1.807, 2.05) is 0 Å². The quantitative estimate of drug-likeness (QED) is 0.900. The van der Waals surface area contributed by atoms with Crippen molar-refractivity contribution in [3.05, 3.63) is 23.8 Å². The maximum absolute atomic E-state index is 5.70. The van der Waals surface area contributed by atoms with Gasteiger partial charge in [-0.2, -0.15) is 0 Å². The highest BCUT2D eigenvalue weighted by molar-refractivity contribution is 5.43. The van der Waals surface area contributed by atoms with E-state index in [-0.39, 0.29) is 0 Å². The van der Waals surface area contributed by atoms with E-state index in [0.717, 1.165) is 24.1 Å². The molecule has 3 aliphatic rings. The lowest BCUT2D eigenvalue weighted by molar-refractivity contribution is 0.170. The van der Waals surface area contributed by atoms with Crippen LogP contribution in [-0.4, -0.2) is 43.3 Å². The van der Waals surface area contributed by atoms with Crippen LogP contribution in [0.2, 0.25) is 0 Å². The first-order valence-electron chi connectivity index (χ1n) is 8.24. The van der Waals surface area contributed by atoms with E-state index in [4.69, 9.17) is 9.47 Å². The molecule has 1 saturated heterocycles. The minimum Gasteiger partial charge on any atom is -0.486 e. The fourth-order valence-corrected chi connectivity index (χ4v) is 3.40. The second-order valence-corrected chi connectivity index (χ2v) is 6.43. The minimum absolute atomic E-state index is 0.661. The fourth-order valence-electron chi connectivity index (χ4n) is 3.40. The van der Waals surface area contributed by atoms with Crippen LogP contribution >= 0.6 is 0 Å². The SMILES string of the molecule is c1cc2c(cc1CN(CC1CCCN1)C1CC1)OCCO2. The van der Waals surface area contributed by atoms with Gasteiger partial charge in [-0.3, -0.25) is 4.90 Å². The summed E-state index contributed by atoms with van der Waals surface area (Å²) in [5.74, 6) is 1.80. The summed E-state index contributed by atoms with van der Waals surface area (Å²) in [6, 6.07) is 7.88. The van der Waals surface area contributed by atoms with Gasteiger partial charge in [-0.05, 0) is 49.9 Å². The molecule has 4 heteroatoms. The Bertz CT molecular complexity index is 496. The number of rotatable bonds is 5. The molecule has 2 heterocycles. The molecule has 2 aliphatic heterocycles. The normalized spacial score (nSPS) is 24.5. The molecule has 21 heavy (non-hydrogen) atoms. The van der Waals surface area contributed by atoms with E-state index < -0.39 is 0 Å². The van der Waals surface area contributed by atoms with Crippen LogP contribution in [-0.2, 0) is 6.54 Å². The second-order valence-electron chi connectivity index (χ2n) is 6.43. The van der Waals surface area contributed by atoms with E-state index >= 15 is 0 Å². The zero-order valence-electron chi connectivity index (χ0n) is 12.5. The molecule has 1 aromatic rings. The highest BCUT2D eigenvalue weighted by Crippen LogP contribution is 2.33. The van der Waals surface area contributed by atoms with Crippen molar-refractivity contribution in [3.63, 3.8) is 0 Å². The van der Waals surface area contributed by atoms with Crippen LogP contribution in [0.5, 0.6) is 11.5 Å². The average Bonchev–Trinajstić information content (AvgIpc) is 3.24. The van der Waals surface area contributed by atoms with Gasteiger partial charge >= 0.3 is 0 Å². The molecule has 0 bridgehead atoms. The summed E-state index contributed by atoms with van der Waals surface area (Å²) in [5, 5.41) is 3.62. The highest BCUT2D eigenvalue weighted by atomic mass is 16.6. The van der Waals surface area contributed by atoms with E-state index in [1.165, 1.54) is 44.3 Å². The van der Waals surface area contributed by atoms with Crippen LogP contribution in [0.1, 0.15) is 31.2 Å². The monoisotopic (exact) mass is 288 g/mol. The smallest absolute Gasteiger partial charge is 0.161 e. The summed E-state index contributed by atoms with van der Waals surface area (Å²) in [6.45, 7) is 4.72. The van der Waals surface area contributed by atoms with Gasteiger partial charge in [-0.15, -0.1) is 0 Å². The van der Waals surface area contributed by atoms with Crippen molar-refractivity contribution in [2.45, 2.75) is 44.3 Å². The molecule has 1 aliphatic carbocycles. The summed E-state index contributed by atoms with van der Waals surface area (Å²) < 4.78 is 11.3. The van der Waals surface area contributed by atoms with Gasteiger partial charge in [0.05, 0.1) is 0 Å². The average molecular weight is 288 g/mol. The largest absolute Gasteiger partial charge is 0.486 e. The van der Waals surface area contributed by atoms with Gasteiger partial charge in [-0.25, -0.2) is 0 Å². The third-order valence-corrected chi connectivity index (χ3v) is 4.67. The molecule has 0 radical (unpaired) electrons. The summed E-state index contributed by atoms with van der Waals surface area (Å²) in [5.41, 5.74) is 1.34. The van der Waals surface area contributed by atoms with Gasteiger partial charge in [0.2, 0.25) is 0 Å². The number of ether oxygens (including phenoxy) is 2. The van der Waals surface area contributed by atoms with Gasteiger partial charge in [-0.1, -0.05) is 6.07 Å². The van der Waals surface area contributed by atoms with Crippen LogP contribution in [0.4, 0.5) is 0 Å². The van der Waals surface area contributed by atoms with Gasteiger partial charge in [0.15, 0.2) is 11.5 Å². The molecular formula is C17H24N2O2. The Balaban J connectivity index is 1.44. The predicted octanol–water partition coefficient (Wildman–Crippen LogP) is 2.17. The van der Waals surface area contributed by atoms with Crippen molar-refractivity contribution < 1.29 is 9.47 Å². The Morgan fingerprint density at radius 2 is 1.95 bits per heavy atom. The fraction of sp³-hybridized carbons (Fsp3) is 0.647. The summed E-state index contributed by atoms with van der Waals surface area (Å²) in [6.07, 6.45) is 5.37. The topological polar surface area (TPSA) is 33.7 Å². The zero-order valence-corrected chi connectivity index (χ0v) is 12.5. The Kier molecular flexibility index (Phi) is 3.74. The number of hydrogen-bond acceptors (Lipinski definition) is 4. The lowest BCUT2D eigenvalue weighted by atomic mass is 10.1. The predicted molar refractivity (Wildman–Crippen MR) is 81.9 cm³/mol. The molecule has 4 rings (SSSR count). The van der Waals surface area contributed by atoms with Crippen molar-refractivity contribution in [3.8, 4) is 11.5 Å². The molecule has 4 nitrogen and oxygen atoms in total. The third kappa shape index (κ3) is 3.16. The van der Waals surface area contributed by atoms with Crippen LogP contribution < -0.4 is 14.8 Å². The van der Waals surface area contributed by atoms with E-state index in [0.29, 0.717) is 19.3 Å². The standard InChI is InChI=1S/C17H24N2O2/c1-2-14(18-7-1)12-19(15-4-5-15)11-13-3-6-16-17(10-13)21-9-8-20-16/h3,6,10,14-15,18H,1-2,4-5,7-9,11-12H2. The minimum atomic E-state index is 0.661. The van der Waals surface area contributed by atoms with Crippen LogP contribution in [0, 0.1) is 0 Å². The Hall–Kier alpha value is -1.26. The van der Waals surface area contributed by atoms with Gasteiger partial charge < -0.3 is 14.8 Å². The molecule has 1 N–H and O–H groups in total. The molecule has 0 aromatic heterocycles. The molecule has 114 valence electrons. The molecule has 0 amide bonds. The van der Waals surface area contributed by atoms with E-state index in [1.54, 1.807) is 0 Å². The van der Waals surface area contributed by atoms with Gasteiger partial charge in [0.1, 0.15) is 13.2 Å². The highest BCUT2D eigenvalue weighted by Gasteiger charge is 2.31. The number of nitrogens with zero attached hydrogens (tertiary/aromatic N) is 1. The van der Waals surface area contributed by atoms with Crippen molar-refractivity contribution in [2.24, 2.45) is 0 Å². The molecular weight excluding hydrogens is 264 g/mol. The van der Waals surface area contributed by atoms with Crippen molar-refractivity contribution in [1.29, 1.82) is 0 Å². The lowest BCUT2D eigenvalue weighted by Gasteiger charge is -2.26. The maximum Gasteiger partial charge on any atom is 0.161 e. The number of benzene rings is 1. The van der Waals surface area contributed by atoms with Crippen molar-refractivity contribution >= 4 is 0 Å². The van der Waals surface area contributed by atoms with Crippen molar-refractivity contribution in [2.75, 3.05) is 26.3 Å². The maximum atomic E-state index is 5.70. The molecule has 2 fully saturated rings. The summed E-state index contributed by atoms with van der Waals surface area (Å²) in [4.78, 5) is 2.65. The van der Waals surface area contributed by atoms with E-state index in [2.05, 4.69) is 28.4 Å². The number of hydrogen-bond donors (Lipinski definition) is 1. The number of fused-ring (bicyclic) bond motifs is 1. The molecule has 1 unspecified atom stereocenters. The summed E-state index contributed by atoms with van der Waals surface area (Å²) in [7, 11) is 0. The summed E-state index contributed by atoms with van der Waals surface area (Å²) >= 11 is 0. The molecule has 1 atom stereocenters. The van der Waals surface area contributed by atoms with Crippen LogP contribution in [0.25, 0.3) is 0 Å². The Morgan fingerprint density at radius 3 is 2.71 bits per heavy atom. The van der Waals surface area contributed by atoms with Gasteiger partial charge in [0, 0.05) is 25.2 Å². The first kappa shape index (κ1) is 13.4. The zero-order chi connectivity index (χ0) is 14.1. The van der Waals surface area contributed by atoms with E-state index in [9.17, 15) is 0 Å². The second kappa shape index (κ2) is 5.85. The van der Waals surface area contributed by atoms with Crippen LogP contribution in [0.3, 0.4) is 0 Å². The number of nitrogens with one attached hydrogen (secondary N) is 1.